The highest BCUT2D eigenvalue weighted by Gasteiger charge is 2.11. The van der Waals surface area contributed by atoms with Crippen molar-refractivity contribution in [2.45, 2.75) is 19.4 Å². The summed E-state index contributed by atoms with van der Waals surface area (Å²) in [5.41, 5.74) is 0.946. The lowest BCUT2D eigenvalue weighted by molar-refractivity contribution is -0.121. The van der Waals surface area contributed by atoms with Gasteiger partial charge >= 0.3 is 0 Å². The van der Waals surface area contributed by atoms with Crippen LogP contribution in [-0.4, -0.2) is 11.2 Å². The summed E-state index contributed by atoms with van der Waals surface area (Å²) in [6.45, 7) is 1.92. The Labute approximate surface area is 103 Å². The number of amides is 1. The average molecular weight is 291 g/mol. The van der Waals surface area contributed by atoms with E-state index >= 15 is 0 Å². The predicted octanol–water partition coefficient (Wildman–Crippen LogP) is 3.30. The van der Waals surface area contributed by atoms with Crippen LogP contribution in [0.2, 0.25) is 5.02 Å². The summed E-state index contributed by atoms with van der Waals surface area (Å²) in [5, 5.41) is 4.24. The van der Waals surface area contributed by atoms with Crippen molar-refractivity contribution in [3.8, 4) is 0 Å². The van der Waals surface area contributed by atoms with Crippen molar-refractivity contribution in [2.24, 2.45) is 0 Å². The quantitative estimate of drug-likeness (QED) is 0.847. The third-order valence-electron chi connectivity index (χ3n) is 2.07. The maximum absolute atomic E-state index is 11.4. The van der Waals surface area contributed by atoms with Crippen LogP contribution in [0.4, 0.5) is 0 Å². The largest absolute Gasteiger partial charge is 0.350 e. The van der Waals surface area contributed by atoms with Crippen LogP contribution in [0, 0.1) is 0 Å². The number of hydrogen-bond acceptors (Lipinski definition) is 1. The standard InChI is InChI=1S/C11H13BrClNO/c1-8(14-11(15)6-7-12)9-4-2-3-5-10(9)13/h2-5,8H,6-7H2,1H3,(H,14,15). The minimum atomic E-state index is -0.0507. The Kier molecular flexibility index (Phi) is 5.12. The lowest BCUT2D eigenvalue weighted by Crippen LogP contribution is -2.26. The molecule has 0 heterocycles. The van der Waals surface area contributed by atoms with E-state index in [0.29, 0.717) is 16.8 Å². The first-order chi connectivity index (χ1) is 7.15. The molecule has 15 heavy (non-hydrogen) atoms. The first-order valence-corrected chi connectivity index (χ1v) is 6.25. The lowest BCUT2D eigenvalue weighted by Gasteiger charge is -2.15. The van der Waals surface area contributed by atoms with E-state index in [1.54, 1.807) is 0 Å². The van der Waals surface area contributed by atoms with Crippen LogP contribution in [0.3, 0.4) is 0 Å². The molecule has 0 spiro atoms. The second-order valence-corrected chi connectivity index (χ2v) is 4.45. The summed E-state index contributed by atoms with van der Waals surface area (Å²) in [4.78, 5) is 11.4. The van der Waals surface area contributed by atoms with Crippen LogP contribution >= 0.6 is 27.5 Å². The number of alkyl halides is 1. The molecule has 0 aliphatic carbocycles. The van der Waals surface area contributed by atoms with E-state index in [1.807, 2.05) is 31.2 Å². The van der Waals surface area contributed by atoms with Gasteiger partial charge in [-0.2, -0.15) is 0 Å². The molecule has 2 nitrogen and oxygen atoms in total. The molecule has 1 N–H and O–H groups in total. The SMILES string of the molecule is CC(NC(=O)CCBr)c1ccccc1Cl. The molecule has 0 aliphatic rings. The maximum Gasteiger partial charge on any atom is 0.221 e. The van der Waals surface area contributed by atoms with E-state index in [4.69, 9.17) is 11.6 Å². The zero-order valence-corrected chi connectivity index (χ0v) is 10.8. The highest BCUT2D eigenvalue weighted by molar-refractivity contribution is 9.09. The fourth-order valence-electron chi connectivity index (χ4n) is 1.30. The van der Waals surface area contributed by atoms with Gasteiger partial charge in [-0.25, -0.2) is 0 Å². The maximum atomic E-state index is 11.4. The Balaban J connectivity index is 2.65. The van der Waals surface area contributed by atoms with Crippen LogP contribution < -0.4 is 5.32 Å². The van der Waals surface area contributed by atoms with Crippen LogP contribution in [-0.2, 0) is 4.79 Å². The van der Waals surface area contributed by atoms with Gasteiger partial charge in [0.15, 0.2) is 0 Å². The lowest BCUT2D eigenvalue weighted by atomic mass is 10.1. The first kappa shape index (κ1) is 12.5. The van der Waals surface area contributed by atoms with Crippen molar-refractivity contribution in [3.05, 3.63) is 34.9 Å². The molecule has 82 valence electrons. The smallest absolute Gasteiger partial charge is 0.221 e. The Hall–Kier alpha value is -0.540. The number of carbonyl (C=O) groups excluding carboxylic acids is 1. The Morgan fingerprint density at radius 1 is 1.53 bits per heavy atom. The molecule has 0 radical (unpaired) electrons. The number of halogens is 2. The molecule has 0 fully saturated rings. The molecule has 1 rings (SSSR count). The van der Waals surface area contributed by atoms with Gasteiger partial charge in [0.2, 0.25) is 5.91 Å². The number of benzene rings is 1. The van der Waals surface area contributed by atoms with Gasteiger partial charge in [0.1, 0.15) is 0 Å². The molecule has 1 aromatic rings. The molecule has 4 heteroatoms. The highest BCUT2D eigenvalue weighted by atomic mass is 79.9. The highest BCUT2D eigenvalue weighted by Crippen LogP contribution is 2.21. The van der Waals surface area contributed by atoms with E-state index in [0.717, 1.165) is 5.56 Å². The van der Waals surface area contributed by atoms with E-state index in [9.17, 15) is 4.79 Å². The van der Waals surface area contributed by atoms with Crippen molar-refractivity contribution in [1.29, 1.82) is 0 Å². The molecular weight excluding hydrogens is 277 g/mol. The molecular formula is C11H13BrClNO. The van der Waals surface area contributed by atoms with E-state index in [-0.39, 0.29) is 11.9 Å². The van der Waals surface area contributed by atoms with E-state index < -0.39 is 0 Å². The summed E-state index contributed by atoms with van der Waals surface area (Å²) in [6, 6.07) is 7.48. The van der Waals surface area contributed by atoms with Gasteiger partial charge < -0.3 is 5.32 Å². The second kappa shape index (κ2) is 6.13. The van der Waals surface area contributed by atoms with Gasteiger partial charge in [-0.05, 0) is 18.6 Å². The third kappa shape index (κ3) is 3.84. The van der Waals surface area contributed by atoms with E-state index in [2.05, 4.69) is 21.2 Å². The van der Waals surface area contributed by atoms with Crippen LogP contribution in [0.5, 0.6) is 0 Å². The number of nitrogens with one attached hydrogen (secondary N) is 1. The van der Waals surface area contributed by atoms with Gasteiger partial charge in [-0.3, -0.25) is 4.79 Å². The minimum Gasteiger partial charge on any atom is -0.350 e. The van der Waals surface area contributed by atoms with Crippen LogP contribution in [0.15, 0.2) is 24.3 Å². The van der Waals surface area contributed by atoms with Crippen molar-refractivity contribution in [3.63, 3.8) is 0 Å². The molecule has 1 atom stereocenters. The molecule has 0 bridgehead atoms. The Morgan fingerprint density at radius 3 is 2.80 bits per heavy atom. The molecule has 0 saturated carbocycles. The predicted molar refractivity (Wildman–Crippen MR) is 66.4 cm³/mol. The van der Waals surface area contributed by atoms with Crippen molar-refractivity contribution >= 4 is 33.4 Å². The number of rotatable bonds is 4. The average Bonchev–Trinajstić information content (AvgIpc) is 2.18. The first-order valence-electron chi connectivity index (χ1n) is 4.75. The third-order valence-corrected chi connectivity index (χ3v) is 2.81. The molecule has 0 aromatic heterocycles. The Morgan fingerprint density at radius 2 is 2.20 bits per heavy atom. The summed E-state index contributed by atoms with van der Waals surface area (Å²) < 4.78 is 0. The van der Waals surface area contributed by atoms with Crippen molar-refractivity contribution < 1.29 is 4.79 Å². The number of carbonyl (C=O) groups is 1. The van der Waals surface area contributed by atoms with Crippen LogP contribution in [0.1, 0.15) is 24.9 Å². The van der Waals surface area contributed by atoms with Gasteiger partial charge in [0.25, 0.3) is 0 Å². The topological polar surface area (TPSA) is 29.1 Å². The normalized spacial score (nSPS) is 12.2. The number of hydrogen-bond donors (Lipinski definition) is 1. The molecule has 0 saturated heterocycles. The van der Waals surface area contributed by atoms with Crippen molar-refractivity contribution in [1.82, 2.24) is 5.32 Å². The molecule has 0 aliphatic heterocycles. The van der Waals surface area contributed by atoms with Gasteiger partial charge in [0, 0.05) is 16.8 Å². The molecule has 1 unspecified atom stereocenters. The summed E-state index contributed by atoms with van der Waals surface area (Å²) in [5.74, 6) is 0.0271. The minimum absolute atomic E-state index is 0.0271. The summed E-state index contributed by atoms with van der Waals surface area (Å²) in [6.07, 6.45) is 0.481. The molecule has 1 amide bonds. The van der Waals surface area contributed by atoms with Gasteiger partial charge in [0.05, 0.1) is 6.04 Å². The monoisotopic (exact) mass is 289 g/mol. The second-order valence-electron chi connectivity index (χ2n) is 3.25. The zero-order valence-electron chi connectivity index (χ0n) is 8.47. The fraction of sp³-hybridized carbons (Fsp3) is 0.364. The zero-order chi connectivity index (χ0) is 11.3. The summed E-state index contributed by atoms with van der Waals surface area (Å²) in [7, 11) is 0. The van der Waals surface area contributed by atoms with Gasteiger partial charge in [-0.15, -0.1) is 0 Å². The molecule has 1 aromatic carbocycles. The van der Waals surface area contributed by atoms with Crippen molar-refractivity contribution in [2.75, 3.05) is 5.33 Å². The Bertz CT molecular complexity index is 343. The summed E-state index contributed by atoms with van der Waals surface area (Å²) >= 11 is 9.24. The fourth-order valence-corrected chi connectivity index (χ4v) is 1.96. The van der Waals surface area contributed by atoms with E-state index in [1.165, 1.54) is 0 Å². The van der Waals surface area contributed by atoms with Crippen LogP contribution in [0.25, 0.3) is 0 Å². The van der Waals surface area contributed by atoms with Gasteiger partial charge in [-0.1, -0.05) is 45.7 Å².